The molecule has 1 aliphatic carbocycles. The third kappa shape index (κ3) is 6.04. The molecule has 2 rings (SSSR count). The lowest BCUT2D eigenvalue weighted by Gasteiger charge is -2.14. The highest BCUT2D eigenvalue weighted by molar-refractivity contribution is 5.79. The van der Waals surface area contributed by atoms with Crippen molar-refractivity contribution < 1.29 is 0 Å². The molecule has 2 N–H and O–H groups in total. The number of hydrogen-bond acceptors (Lipinski definition) is 3. The first-order chi connectivity index (χ1) is 11.3. The fraction of sp³-hybridized carbons (Fsp3) is 0.706. The number of nitrogens with one attached hydrogen (secondary N) is 2. The standard InChI is InChI=1S/C17H30N6/c1-3-16-22-21-14-23(16)13-12-20-17(18-4-2)19-11-10-15-8-6-5-7-9-15/h8,14H,3-7,9-13H2,1-2H3,(H2,18,19,20). The zero-order valence-corrected chi connectivity index (χ0v) is 14.5. The van der Waals surface area contributed by atoms with Gasteiger partial charge in [-0.25, -0.2) is 0 Å². The van der Waals surface area contributed by atoms with E-state index < -0.39 is 0 Å². The number of guanidine groups is 1. The van der Waals surface area contributed by atoms with Crippen molar-refractivity contribution >= 4 is 5.96 Å². The summed E-state index contributed by atoms with van der Waals surface area (Å²) in [6.07, 6.45) is 11.4. The molecule has 0 radical (unpaired) electrons. The van der Waals surface area contributed by atoms with Crippen LogP contribution in [0, 0.1) is 0 Å². The molecule has 0 saturated heterocycles. The minimum atomic E-state index is 0.819. The van der Waals surface area contributed by atoms with Crippen LogP contribution in [0.2, 0.25) is 0 Å². The first-order valence-corrected chi connectivity index (χ1v) is 8.90. The summed E-state index contributed by atoms with van der Waals surface area (Å²) in [6.45, 7) is 7.59. The van der Waals surface area contributed by atoms with Crippen LogP contribution in [0.1, 0.15) is 51.8 Å². The van der Waals surface area contributed by atoms with Gasteiger partial charge in [-0.05, 0) is 39.0 Å². The molecule has 0 spiro atoms. The van der Waals surface area contributed by atoms with Gasteiger partial charge in [0.1, 0.15) is 12.2 Å². The highest BCUT2D eigenvalue weighted by Crippen LogP contribution is 2.19. The quantitative estimate of drug-likeness (QED) is 0.438. The van der Waals surface area contributed by atoms with Crippen LogP contribution in [0.3, 0.4) is 0 Å². The second-order valence-electron chi connectivity index (χ2n) is 5.84. The topological polar surface area (TPSA) is 67.1 Å². The summed E-state index contributed by atoms with van der Waals surface area (Å²) in [4.78, 5) is 4.68. The lowest BCUT2D eigenvalue weighted by atomic mass is 9.97. The molecular formula is C17H30N6. The zero-order chi connectivity index (χ0) is 16.3. The minimum Gasteiger partial charge on any atom is -0.357 e. The van der Waals surface area contributed by atoms with Gasteiger partial charge >= 0.3 is 0 Å². The van der Waals surface area contributed by atoms with Crippen LogP contribution in [-0.2, 0) is 13.0 Å². The van der Waals surface area contributed by atoms with Crippen LogP contribution in [0.15, 0.2) is 23.0 Å². The number of aliphatic imine (C=N–C) groups is 1. The molecule has 0 aliphatic heterocycles. The van der Waals surface area contributed by atoms with Gasteiger partial charge in [-0.15, -0.1) is 10.2 Å². The van der Waals surface area contributed by atoms with Crippen LogP contribution in [0.25, 0.3) is 0 Å². The average molecular weight is 318 g/mol. The molecule has 1 aliphatic rings. The predicted octanol–water partition coefficient (Wildman–Crippen LogP) is 2.29. The molecule has 1 heterocycles. The maximum absolute atomic E-state index is 4.68. The number of hydrogen-bond donors (Lipinski definition) is 2. The molecular weight excluding hydrogens is 288 g/mol. The molecule has 6 nitrogen and oxygen atoms in total. The minimum absolute atomic E-state index is 0.819. The largest absolute Gasteiger partial charge is 0.357 e. The molecule has 0 bridgehead atoms. The molecule has 0 unspecified atom stereocenters. The zero-order valence-electron chi connectivity index (χ0n) is 14.5. The van der Waals surface area contributed by atoms with Crippen LogP contribution in [-0.4, -0.2) is 40.4 Å². The van der Waals surface area contributed by atoms with E-state index in [0.29, 0.717) is 0 Å². The van der Waals surface area contributed by atoms with E-state index >= 15 is 0 Å². The van der Waals surface area contributed by atoms with Gasteiger partial charge < -0.3 is 15.2 Å². The molecule has 0 fully saturated rings. The Balaban J connectivity index is 1.76. The molecule has 128 valence electrons. The van der Waals surface area contributed by atoms with Gasteiger partial charge in [0.25, 0.3) is 0 Å². The molecule has 6 heteroatoms. The van der Waals surface area contributed by atoms with E-state index in [9.17, 15) is 0 Å². The van der Waals surface area contributed by atoms with Gasteiger partial charge in [-0.3, -0.25) is 4.99 Å². The van der Waals surface area contributed by atoms with Crippen molar-refractivity contribution in [3.63, 3.8) is 0 Å². The van der Waals surface area contributed by atoms with E-state index in [2.05, 4.69) is 50.3 Å². The van der Waals surface area contributed by atoms with Crippen molar-refractivity contribution in [2.24, 2.45) is 4.99 Å². The van der Waals surface area contributed by atoms with Crippen molar-refractivity contribution in [3.8, 4) is 0 Å². The van der Waals surface area contributed by atoms with Crippen molar-refractivity contribution in [1.29, 1.82) is 0 Å². The van der Waals surface area contributed by atoms with Crippen molar-refractivity contribution in [1.82, 2.24) is 25.4 Å². The molecule has 0 amide bonds. The van der Waals surface area contributed by atoms with Gasteiger partial charge in [-0.2, -0.15) is 0 Å². The first kappa shape index (κ1) is 17.5. The Hall–Kier alpha value is -1.85. The Labute approximate surface area is 139 Å². The van der Waals surface area contributed by atoms with Crippen molar-refractivity contribution in [2.45, 2.75) is 58.9 Å². The Morgan fingerprint density at radius 2 is 2.22 bits per heavy atom. The number of nitrogens with zero attached hydrogens (tertiary/aromatic N) is 4. The summed E-state index contributed by atoms with van der Waals surface area (Å²) >= 11 is 0. The van der Waals surface area contributed by atoms with Crippen LogP contribution >= 0.6 is 0 Å². The average Bonchev–Trinajstić information content (AvgIpc) is 3.03. The smallest absolute Gasteiger partial charge is 0.191 e. The second kappa shape index (κ2) is 10.0. The van der Waals surface area contributed by atoms with Gasteiger partial charge in [-0.1, -0.05) is 18.6 Å². The normalized spacial score (nSPS) is 15.4. The maximum Gasteiger partial charge on any atom is 0.191 e. The predicted molar refractivity (Wildman–Crippen MR) is 94.5 cm³/mol. The molecule has 0 aromatic carbocycles. The van der Waals surface area contributed by atoms with Crippen LogP contribution in [0.4, 0.5) is 0 Å². The number of aromatic nitrogens is 3. The van der Waals surface area contributed by atoms with E-state index in [-0.39, 0.29) is 0 Å². The van der Waals surface area contributed by atoms with Crippen LogP contribution < -0.4 is 10.6 Å². The SMILES string of the molecule is CCNC(=NCCC1=CCCCC1)NCCn1cnnc1CC. The molecule has 0 saturated carbocycles. The van der Waals surface area contributed by atoms with E-state index in [1.807, 2.05) is 0 Å². The lowest BCUT2D eigenvalue weighted by molar-refractivity contribution is 0.632. The maximum atomic E-state index is 4.68. The monoisotopic (exact) mass is 318 g/mol. The van der Waals surface area contributed by atoms with Gasteiger partial charge in [0.15, 0.2) is 5.96 Å². The van der Waals surface area contributed by atoms with Gasteiger partial charge in [0, 0.05) is 32.6 Å². The molecule has 1 aromatic rings. The Bertz CT molecular complexity index is 517. The summed E-state index contributed by atoms with van der Waals surface area (Å²) in [5, 5.41) is 14.8. The number of aryl methyl sites for hydroxylation is 1. The van der Waals surface area contributed by atoms with Gasteiger partial charge in [0.2, 0.25) is 0 Å². The summed E-state index contributed by atoms with van der Waals surface area (Å²) in [5.74, 6) is 1.92. The van der Waals surface area contributed by atoms with E-state index in [1.54, 1.807) is 11.9 Å². The molecule has 1 aromatic heterocycles. The van der Waals surface area contributed by atoms with Crippen molar-refractivity contribution in [2.75, 3.05) is 19.6 Å². The van der Waals surface area contributed by atoms with E-state index in [0.717, 1.165) is 50.8 Å². The summed E-state index contributed by atoms with van der Waals surface area (Å²) < 4.78 is 2.09. The fourth-order valence-corrected chi connectivity index (χ4v) is 2.82. The van der Waals surface area contributed by atoms with Gasteiger partial charge in [0.05, 0.1) is 0 Å². The lowest BCUT2D eigenvalue weighted by Crippen LogP contribution is -2.39. The first-order valence-electron chi connectivity index (χ1n) is 8.90. The highest BCUT2D eigenvalue weighted by Gasteiger charge is 2.04. The summed E-state index contributed by atoms with van der Waals surface area (Å²) in [7, 11) is 0. The number of rotatable bonds is 8. The fourth-order valence-electron chi connectivity index (χ4n) is 2.82. The molecule has 23 heavy (non-hydrogen) atoms. The Kier molecular flexibility index (Phi) is 7.63. The Morgan fingerprint density at radius 3 is 2.96 bits per heavy atom. The Morgan fingerprint density at radius 1 is 1.30 bits per heavy atom. The number of allylic oxidation sites excluding steroid dienone is 1. The van der Waals surface area contributed by atoms with E-state index in [1.165, 1.54) is 25.7 Å². The second-order valence-corrected chi connectivity index (χ2v) is 5.84. The van der Waals surface area contributed by atoms with Crippen LogP contribution in [0.5, 0.6) is 0 Å². The van der Waals surface area contributed by atoms with Crippen molar-refractivity contribution in [3.05, 3.63) is 23.8 Å². The highest BCUT2D eigenvalue weighted by atomic mass is 15.3. The summed E-state index contributed by atoms with van der Waals surface area (Å²) in [5.41, 5.74) is 1.58. The third-order valence-corrected chi connectivity index (χ3v) is 4.09. The molecule has 0 atom stereocenters. The summed E-state index contributed by atoms with van der Waals surface area (Å²) in [6, 6.07) is 0. The van der Waals surface area contributed by atoms with E-state index in [4.69, 9.17) is 0 Å². The third-order valence-electron chi connectivity index (χ3n) is 4.09.